The number of benzene rings is 1. The number of carbonyl (C=O) groups is 5. The molecule has 5 amide bonds. The first kappa shape index (κ1) is 37.2. The molecule has 260 valence electrons. The Balaban J connectivity index is 1.65. The zero-order valence-corrected chi connectivity index (χ0v) is 29.8. The number of amides is 5. The normalized spacial score (nSPS) is 23.5. The highest BCUT2D eigenvalue weighted by Gasteiger charge is 2.46. The van der Waals surface area contributed by atoms with Crippen molar-refractivity contribution in [3.8, 4) is 0 Å². The van der Waals surface area contributed by atoms with E-state index in [1.54, 1.807) is 11.8 Å². The molecule has 2 aromatic rings. The van der Waals surface area contributed by atoms with Gasteiger partial charge in [0.05, 0.1) is 11.4 Å². The second kappa shape index (κ2) is 17.2. The number of hydrogen-bond donors (Lipinski definition) is 5. The molecule has 1 aromatic heterocycles. The molecule has 11 nitrogen and oxygen atoms in total. The Morgan fingerprint density at radius 3 is 2.17 bits per heavy atom. The van der Waals surface area contributed by atoms with Gasteiger partial charge in [0.1, 0.15) is 23.7 Å². The third-order valence-electron chi connectivity index (χ3n) is 8.82. The number of hydrogen-bond acceptors (Lipinski definition) is 8. The maximum absolute atomic E-state index is 14.2. The average molecular weight is 697 g/mol. The number of aromatic nitrogens is 1. The van der Waals surface area contributed by atoms with Crippen molar-refractivity contribution in [3.63, 3.8) is 0 Å². The molecular weight excluding hydrogens is 649 g/mol. The van der Waals surface area contributed by atoms with Crippen molar-refractivity contribution in [1.82, 2.24) is 26.3 Å². The number of pyridine rings is 1. The van der Waals surface area contributed by atoms with Crippen molar-refractivity contribution in [1.29, 1.82) is 0 Å². The Bertz CT molecular complexity index is 1460. The molecule has 1 aromatic carbocycles. The largest absolute Gasteiger partial charge is 0.368 e. The van der Waals surface area contributed by atoms with E-state index in [0.717, 1.165) is 22.5 Å². The number of nitrogens with two attached hydrogens (primary N) is 1. The number of nitrogens with one attached hydrogen (secondary N) is 4. The number of carbonyl (C=O) groups excluding carboxylic acids is 5. The van der Waals surface area contributed by atoms with Crippen LogP contribution in [0.2, 0.25) is 0 Å². The summed E-state index contributed by atoms with van der Waals surface area (Å²) in [5.74, 6) is -0.769. The minimum absolute atomic E-state index is 0.0316. The van der Waals surface area contributed by atoms with Crippen LogP contribution in [0.5, 0.6) is 0 Å². The Hall–Kier alpha value is -3.58. The second-order valence-electron chi connectivity index (χ2n) is 13.2. The van der Waals surface area contributed by atoms with Crippen molar-refractivity contribution in [2.24, 2.45) is 17.6 Å². The van der Waals surface area contributed by atoms with Crippen LogP contribution in [-0.2, 0) is 48.3 Å². The highest BCUT2D eigenvalue weighted by atomic mass is 32.2. The van der Waals surface area contributed by atoms with Crippen LogP contribution in [0.15, 0.2) is 42.5 Å². The van der Waals surface area contributed by atoms with Crippen molar-refractivity contribution >= 4 is 53.1 Å². The summed E-state index contributed by atoms with van der Waals surface area (Å²) in [6, 6.07) is 10.6. The lowest BCUT2D eigenvalue weighted by Crippen LogP contribution is -2.64. The van der Waals surface area contributed by atoms with Crippen LogP contribution in [0, 0.1) is 11.8 Å². The number of rotatable bonds is 5. The van der Waals surface area contributed by atoms with Crippen LogP contribution in [0.3, 0.4) is 0 Å². The van der Waals surface area contributed by atoms with Gasteiger partial charge in [-0.2, -0.15) is 23.5 Å². The molecule has 0 fully saturated rings. The predicted octanol–water partition coefficient (Wildman–Crippen LogP) is 2.64. The molecule has 48 heavy (non-hydrogen) atoms. The van der Waals surface area contributed by atoms with Gasteiger partial charge in [0.15, 0.2) is 0 Å². The van der Waals surface area contributed by atoms with E-state index < -0.39 is 47.3 Å². The molecule has 6 N–H and O–H groups in total. The quantitative estimate of drug-likeness (QED) is 0.318. The molecule has 0 radical (unpaired) electrons. The summed E-state index contributed by atoms with van der Waals surface area (Å²) < 4.78 is 0. The van der Waals surface area contributed by atoms with Gasteiger partial charge < -0.3 is 27.0 Å². The molecule has 1 aliphatic heterocycles. The summed E-state index contributed by atoms with van der Waals surface area (Å²) in [6.07, 6.45) is 1.69. The van der Waals surface area contributed by atoms with Gasteiger partial charge in [-0.25, -0.2) is 0 Å². The first-order valence-corrected chi connectivity index (χ1v) is 18.9. The first-order chi connectivity index (χ1) is 22.9. The maximum Gasteiger partial charge on any atom is 0.247 e. The van der Waals surface area contributed by atoms with Crippen LogP contribution in [0.4, 0.5) is 0 Å². The van der Waals surface area contributed by atoms with E-state index in [9.17, 15) is 24.0 Å². The fourth-order valence-electron chi connectivity index (χ4n) is 5.97. The molecule has 0 unspecified atom stereocenters. The molecule has 2 aliphatic rings. The van der Waals surface area contributed by atoms with E-state index in [4.69, 9.17) is 10.7 Å². The summed E-state index contributed by atoms with van der Waals surface area (Å²) in [6.45, 7) is 7.64. The Morgan fingerprint density at radius 2 is 1.56 bits per heavy atom. The molecular formula is C35H48N6O5S2. The van der Waals surface area contributed by atoms with Gasteiger partial charge in [-0.1, -0.05) is 64.4 Å². The molecule has 0 saturated heterocycles. The molecule has 2 bridgehead atoms. The zero-order valence-electron chi connectivity index (χ0n) is 28.2. The van der Waals surface area contributed by atoms with Gasteiger partial charge in [-0.3, -0.25) is 29.0 Å². The van der Waals surface area contributed by atoms with E-state index in [-0.39, 0.29) is 29.9 Å². The van der Waals surface area contributed by atoms with E-state index >= 15 is 0 Å². The lowest BCUT2D eigenvalue weighted by molar-refractivity contribution is -0.137. The van der Waals surface area contributed by atoms with Crippen LogP contribution < -0.4 is 27.0 Å². The van der Waals surface area contributed by atoms with Crippen molar-refractivity contribution in [2.45, 2.75) is 95.0 Å². The predicted molar refractivity (Wildman–Crippen MR) is 190 cm³/mol. The van der Waals surface area contributed by atoms with Crippen LogP contribution in [0.1, 0.15) is 69.5 Å². The Kier molecular flexibility index (Phi) is 13.3. The summed E-state index contributed by atoms with van der Waals surface area (Å²) in [5.41, 5.74) is 8.05. The number of primary amides is 1. The van der Waals surface area contributed by atoms with Gasteiger partial charge in [0, 0.05) is 42.3 Å². The van der Waals surface area contributed by atoms with Crippen molar-refractivity contribution < 1.29 is 24.0 Å². The number of nitrogens with zero attached hydrogens (tertiary/aromatic N) is 1. The summed E-state index contributed by atoms with van der Waals surface area (Å²) in [7, 11) is 0. The molecule has 0 saturated carbocycles. The van der Waals surface area contributed by atoms with Crippen LogP contribution >= 0.6 is 23.5 Å². The smallest absolute Gasteiger partial charge is 0.247 e. The third-order valence-corrected chi connectivity index (χ3v) is 10.9. The molecule has 2 heterocycles. The van der Waals surface area contributed by atoms with E-state index in [1.807, 2.05) is 70.2 Å². The third kappa shape index (κ3) is 9.97. The standard InChI is InChI=1S/C35H48N6O5S2/c1-5-22(4)30-33(45)38-28(31(36)43)20-48-19-26-12-8-11-25(37-26)18-47-14-13-29(42)41-35(16-23-9-6-7-10-24(23)17-35)34(46)39-27(15-21(2)3)32(44)40-30/h6-12,21-22,27-28,30H,5,13-20H2,1-4H3,(H2,36,43)(H,38,45)(H,39,46)(H,40,44)(H,41,42)/t22-,27-,28-,30-/m0/s1. The second-order valence-corrected chi connectivity index (χ2v) is 15.3. The Labute approximate surface area is 291 Å². The Morgan fingerprint density at radius 1 is 0.917 bits per heavy atom. The minimum atomic E-state index is -1.27. The van der Waals surface area contributed by atoms with Gasteiger partial charge >= 0.3 is 0 Å². The molecule has 4 atom stereocenters. The lowest BCUT2D eigenvalue weighted by atomic mass is 9.92. The highest BCUT2D eigenvalue weighted by molar-refractivity contribution is 7.98. The minimum Gasteiger partial charge on any atom is -0.368 e. The van der Waals surface area contributed by atoms with Gasteiger partial charge in [-0.15, -0.1) is 0 Å². The van der Waals surface area contributed by atoms with E-state index in [2.05, 4.69) is 21.3 Å². The van der Waals surface area contributed by atoms with E-state index in [0.29, 0.717) is 42.9 Å². The number of fused-ring (bicyclic) bond motifs is 3. The highest BCUT2D eigenvalue weighted by Crippen LogP contribution is 2.31. The first-order valence-electron chi connectivity index (χ1n) is 16.6. The topological polar surface area (TPSA) is 172 Å². The fraction of sp³-hybridized carbons (Fsp3) is 0.543. The molecule has 13 heteroatoms. The summed E-state index contributed by atoms with van der Waals surface area (Å²) in [5, 5.41) is 11.6. The SMILES string of the molecule is CC[C@H](C)[C@@H]1NC(=O)[C@H](CC(C)C)NC(=O)C2(Cc3ccccc3C2)NC(=O)CCSCc2cccc(n2)CSC[C@@H](C(N)=O)NC1=O. The van der Waals surface area contributed by atoms with Crippen molar-refractivity contribution in [2.75, 3.05) is 11.5 Å². The lowest BCUT2D eigenvalue weighted by Gasteiger charge is -2.33. The monoisotopic (exact) mass is 696 g/mol. The van der Waals surface area contributed by atoms with Crippen molar-refractivity contribution in [3.05, 3.63) is 65.0 Å². The molecule has 1 aliphatic carbocycles. The fourth-order valence-corrected chi connectivity index (χ4v) is 7.79. The van der Waals surface area contributed by atoms with Gasteiger partial charge in [-0.05, 0) is 41.5 Å². The zero-order chi connectivity index (χ0) is 34.8. The van der Waals surface area contributed by atoms with Crippen LogP contribution in [-0.4, -0.2) is 69.7 Å². The molecule has 4 rings (SSSR count). The summed E-state index contributed by atoms with van der Waals surface area (Å²) >= 11 is 3.00. The van der Waals surface area contributed by atoms with Gasteiger partial charge in [0.2, 0.25) is 29.5 Å². The van der Waals surface area contributed by atoms with Crippen LogP contribution in [0.25, 0.3) is 0 Å². The maximum atomic E-state index is 14.2. The van der Waals surface area contributed by atoms with E-state index in [1.165, 1.54) is 11.8 Å². The average Bonchev–Trinajstić information content (AvgIpc) is 3.43. The number of thioether (sulfide) groups is 2. The van der Waals surface area contributed by atoms with Gasteiger partial charge in [0.25, 0.3) is 0 Å². The molecule has 1 spiro atoms. The summed E-state index contributed by atoms with van der Waals surface area (Å²) in [4.78, 5) is 72.3.